The summed E-state index contributed by atoms with van der Waals surface area (Å²) >= 11 is 7.37. The number of hydrogen-bond acceptors (Lipinski definition) is 12. The number of Topliss-reactive ketones (excluding diaryl/α,β-unsaturated/α-hetero) is 1. The van der Waals surface area contributed by atoms with Gasteiger partial charge >= 0.3 is 5.97 Å². The Morgan fingerprint density at radius 2 is 2.00 bits per heavy atom. The van der Waals surface area contributed by atoms with Gasteiger partial charge in [0.1, 0.15) is 16.7 Å². The maximum Gasteiger partial charge on any atom is 0.353 e. The molecule has 0 N–H and O–H groups in total. The Hall–Kier alpha value is -2.98. The lowest BCUT2D eigenvalue weighted by Gasteiger charge is -2.49. The van der Waals surface area contributed by atoms with Crippen LogP contribution in [0.5, 0.6) is 0 Å². The molecule has 4 rings (SSSR count). The Balaban J connectivity index is 1.59. The van der Waals surface area contributed by atoms with Crippen LogP contribution in [-0.4, -0.2) is 93.8 Å². The van der Waals surface area contributed by atoms with Crippen molar-refractivity contribution in [1.29, 1.82) is 0 Å². The van der Waals surface area contributed by atoms with Crippen molar-refractivity contribution in [1.82, 2.24) is 30.0 Å². The van der Waals surface area contributed by atoms with Crippen molar-refractivity contribution in [3.63, 3.8) is 0 Å². The minimum Gasteiger partial charge on any atom is -0.457 e. The number of ether oxygens (including phenoxy) is 1. The third kappa shape index (κ3) is 6.03. The molecule has 0 bridgehead atoms. The number of halogens is 1. The van der Waals surface area contributed by atoms with Crippen molar-refractivity contribution < 1.29 is 28.2 Å². The molecule has 2 aliphatic rings. The molecule has 1 unspecified atom stereocenters. The SMILES string of the molecule is [B]n1nnc(C2=C(CCl)CS(=O)[C@@H]3[C@H](CC(=O)/C(=N\OC(C)(C)C(=O)OC(C)(C)C)c4csc(C)n4)C(=O)N23)n1. The van der Waals surface area contributed by atoms with Crippen molar-refractivity contribution in [2.45, 2.75) is 64.5 Å². The molecule has 0 aromatic carbocycles. The first-order valence-electron chi connectivity index (χ1n) is 12.1. The van der Waals surface area contributed by atoms with Crippen LogP contribution < -0.4 is 0 Å². The number of hydrogen-bond donors (Lipinski definition) is 0. The van der Waals surface area contributed by atoms with Crippen molar-refractivity contribution >= 4 is 70.8 Å². The van der Waals surface area contributed by atoms with Gasteiger partial charge in [0, 0.05) is 28.5 Å². The number of aryl methyl sites for hydroxylation is 1. The number of carbonyl (C=O) groups excluding carboxylic acids is 3. The highest BCUT2D eigenvalue weighted by Crippen LogP contribution is 2.43. The fourth-order valence-corrected chi connectivity index (χ4v) is 6.75. The lowest BCUT2D eigenvalue weighted by atomic mass is 9.89. The van der Waals surface area contributed by atoms with Gasteiger partial charge < -0.3 is 9.57 Å². The molecule has 0 saturated carbocycles. The number of alkyl halides is 1. The molecule has 2 aromatic rings. The Bertz CT molecular complexity index is 1450. The topological polar surface area (TPSA) is 159 Å². The molecule has 4 heterocycles. The van der Waals surface area contributed by atoms with Crippen LogP contribution >= 0.6 is 22.9 Å². The zero-order chi connectivity index (χ0) is 29.6. The Labute approximate surface area is 243 Å². The second-order valence-electron chi connectivity index (χ2n) is 10.7. The second kappa shape index (κ2) is 11.1. The molecular formula is C23H27BClN7O6S2. The number of oxime groups is 1. The van der Waals surface area contributed by atoms with Crippen LogP contribution in [0.2, 0.25) is 0 Å². The molecule has 17 heteroatoms. The van der Waals surface area contributed by atoms with Crippen LogP contribution in [0.25, 0.3) is 5.70 Å². The van der Waals surface area contributed by atoms with E-state index >= 15 is 0 Å². The number of amides is 1. The van der Waals surface area contributed by atoms with E-state index in [9.17, 15) is 18.6 Å². The Kier molecular flexibility index (Phi) is 8.34. The van der Waals surface area contributed by atoms with Gasteiger partial charge in [0.2, 0.25) is 17.3 Å². The standard InChI is InChI=1S/C23H27BClN7O6S2/c1-11-26-14(9-39-11)16(29-38-23(5,6)21(35)37-22(2,3)4)15(33)7-13-19(34)31-17(18-27-30-32(24)28-18)12(8-25)10-40(36)20(13)31/h9,13,20H,7-8,10H2,1-6H3/b29-16-/t13-,20-,40?/m1/s1. The van der Waals surface area contributed by atoms with E-state index in [0.29, 0.717) is 10.6 Å². The molecule has 40 heavy (non-hydrogen) atoms. The van der Waals surface area contributed by atoms with Crippen molar-refractivity contribution in [2.75, 3.05) is 11.6 Å². The number of thiazole rings is 1. The maximum absolute atomic E-state index is 13.6. The number of esters is 1. The number of aromatic nitrogens is 5. The van der Waals surface area contributed by atoms with Crippen LogP contribution in [0.3, 0.4) is 0 Å². The summed E-state index contributed by atoms with van der Waals surface area (Å²) in [6, 6.07) is 0. The van der Waals surface area contributed by atoms with E-state index < -0.39 is 51.0 Å². The van der Waals surface area contributed by atoms with E-state index in [1.165, 1.54) is 30.1 Å². The average molecular weight is 608 g/mol. The van der Waals surface area contributed by atoms with Gasteiger partial charge in [-0.05, 0) is 47.1 Å². The first-order valence-corrected chi connectivity index (χ1v) is 14.9. The number of β-lactam (4-membered cyclic amide) rings is 1. The monoisotopic (exact) mass is 607 g/mol. The molecular weight excluding hydrogens is 581 g/mol. The predicted molar refractivity (Wildman–Crippen MR) is 148 cm³/mol. The zero-order valence-electron chi connectivity index (χ0n) is 22.7. The number of rotatable bonds is 9. The van der Waals surface area contributed by atoms with Crippen LogP contribution in [0.15, 0.2) is 16.1 Å². The van der Waals surface area contributed by atoms with E-state index in [0.717, 1.165) is 4.71 Å². The number of fused-ring (bicyclic) bond motifs is 1. The summed E-state index contributed by atoms with van der Waals surface area (Å²) in [5, 5.41) is 16.9. The van der Waals surface area contributed by atoms with Gasteiger partial charge in [0.25, 0.3) is 7.98 Å². The summed E-state index contributed by atoms with van der Waals surface area (Å²) < 4.78 is 19.3. The third-order valence-corrected chi connectivity index (χ3v) is 8.71. The first-order chi connectivity index (χ1) is 18.6. The van der Waals surface area contributed by atoms with Crippen molar-refractivity contribution in [2.24, 2.45) is 11.1 Å². The van der Waals surface area contributed by atoms with Gasteiger partial charge in [-0.1, -0.05) is 10.4 Å². The minimum absolute atomic E-state index is 0.00889. The van der Waals surface area contributed by atoms with E-state index in [1.807, 2.05) is 0 Å². The summed E-state index contributed by atoms with van der Waals surface area (Å²) in [7, 11) is 3.98. The Morgan fingerprint density at radius 3 is 2.55 bits per heavy atom. The molecule has 0 aliphatic carbocycles. The van der Waals surface area contributed by atoms with Crippen LogP contribution in [0.4, 0.5) is 0 Å². The number of ketones is 1. The predicted octanol–water partition coefficient (Wildman–Crippen LogP) is 1.37. The van der Waals surface area contributed by atoms with Gasteiger partial charge in [0.15, 0.2) is 11.5 Å². The molecule has 1 amide bonds. The van der Waals surface area contributed by atoms with Crippen molar-refractivity contribution in [3.8, 4) is 0 Å². The third-order valence-electron chi connectivity index (χ3n) is 5.90. The molecule has 13 nitrogen and oxygen atoms in total. The molecule has 1 saturated heterocycles. The normalized spacial score (nSPS) is 21.7. The van der Waals surface area contributed by atoms with E-state index in [-0.39, 0.29) is 41.0 Å². The molecule has 2 aliphatic heterocycles. The maximum atomic E-state index is 13.6. The fourth-order valence-electron chi connectivity index (χ4n) is 4.04. The Morgan fingerprint density at radius 1 is 1.30 bits per heavy atom. The lowest BCUT2D eigenvalue weighted by molar-refractivity contribution is -0.179. The van der Waals surface area contributed by atoms with Gasteiger partial charge in [-0.2, -0.15) is 0 Å². The van der Waals surface area contributed by atoms with E-state index in [4.69, 9.17) is 29.2 Å². The minimum atomic E-state index is -1.55. The van der Waals surface area contributed by atoms with Gasteiger partial charge in [-0.25, -0.2) is 14.5 Å². The summed E-state index contributed by atoms with van der Waals surface area (Å²) in [5.41, 5.74) is -1.43. The van der Waals surface area contributed by atoms with E-state index in [2.05, 4.69) is 25.6 Å². The van der Waals surface area contributed by atoms with Crippen LogP contribution in [-0.2, 0) is 34.8 Å². The van der Waals surface area contributed by atoms with Gasteiger partial charge in [0.05, 0.1) is 22.4 Å². The molecule has 3 atom stereocenters. The molecule has 0 spiro atoms. The molecule has 2 radical (unpaired) electrons. The number of carbonyl (C=O) groups is 3. The van der Waals surface area contributed by atoms with Gasteiger partial charge in [-0.15, -0.1) is 33.1 Å². The summed E-state index contributed by atoms with van der Waals surface area (Å²) in [6.07, 6.45) is -0.322. The zero-order valence-corrected chi connectivity index (χ0v) is 25.1. The first kappa shape index (κ1) is 30.0. The van der Waals surface area contributed by atoms with Crippen LogP contribution in [0, 0.1) is 12.8 Å². The summed E-state index contributed by atoms with van der Waals surface area (Å²) in [4.78, 5) is 50.7. The fraction of sp³-hybridized carbons (Fsp3) is 0.565. The number of nitrogens with zero attached hydrogens (tertiary/aromatic N) is 7. The highest BCUT2D eigenvalue weighted by Gasteiger charge is 2.56. The second-order valence-corrected chi connectivity index (χ2v) is 13.5. The summed E-state index contributed by atoms with van der Waals surface area (Å²) in [6.45, 7) is 9.84. The highest BCUT2D eigenvalue weighted by molar-refractivity contribution is 7.86. The molecule has 212 valence electrons. The smallest absolute Gasteiger partial charge is 0.353 e. The largest absolute Gasteiger partial charge is 0.457 e. The molecule has 1 fully saturated rings. The van der Waals surface area contributed by atoms with Gasteiger partial charge in [-0.3, -0.25) is 18.7 Å². The lowest BCUT2D eigenvalue weighted by Crippen LogP contribution is -2.64. The number of tetrazole rings is 1. The quantitative estimate of drug-likeness (QED) is 0.102. The highest BCUT2D eigenvalue weighted by atomic mass is 35.5. The van der Waals surface area contributed by atoms with Crippen molar-refractivity contribution in [3.05, 3.63) is 27.5 Å². The van der Waals surface area contributed by atoms with Crippen LogP contribution in [0.1, 0.15) is 57.6 Å². The molecule has 2 aromatic heterocycles. The average Bonchev–Trinajstić information content (AvgIpc) is 3.48. The van der Waals surface area contributed by atoms with E-state index in [1.54, 1.807) is 33.1 Å². The summed E-state index contributed by atoms with van der Waals surface area (Å²) in [5.74, 6) is -2.50.